The van der Waals surface area contributed by atoms with E-state index in [4.69, 9.17) is 17.3 Å². The van der Waals surface area contributed by atoms with Crippen LogP contribution < -0.4 is 11.1 Å². The van der Waals surface area contributed by atoms with Gasteiger partial charge in [-0.05, 0) is 29.8 Å². The molecule has 0 aliphatic heterocycles. The highest BCUT2D eigenvalue weighted by atomic mass is 35.5. The molecule has 1 aromatic heterocycles. The third-order valence-corrected chi connectivity index (χ3v) is 2.40. The van der Waals surface area contributed by atoms with Crippen LogP contribution in [0, 0.1) is 0 Å². The second kappa shape index (κ2) is 4.28. The van der Waals surface area contributed by atoms with Crippen LogP contribution in [0.15, 0.2) is 36.7 Å². The molecule has 0 amide bonds. The van der Waals surface area contributed by atoms with Gasteiger partial charge in [0.15, 0.2) is 0 Å². The number of H-pyrrole nitrogens is 1. The maximum atomic E-state index is 5.88. The molecule has 0 spiro atoms. The molecule has 0 unspecified atom stereocenters. The molecule has 0 atom stereocenters. The van der Waals surface area contributed by atoms with E-state index in [2.05, 4.69) is 10.3 Å². The first-order valence-corrected chi connectivity index (χ1v) is 5.04. The van der Waals surface area contributed by atoms with Gasteiger partial charge in [0, 0.05) is 24.0 Å². The molecular weight excluding hydrogens is 210 g/mol. The summed E-state index contributed by atoms with van der Waals surface area (Å²) in [6.07, 6.45) is 3.83. The third-order valence-electron chi connectivity index (χ3n) is 2.16. The Kier molecular flexibility index (Phi) is 2.83. The van der Waals surface area contributed by atoms with Crippen LogP contribution in [0.3, 0.4) is 0 Å². The van der Waals surface area contributed by atoms with Gasteiger partial charge in [-0.2, -0.15) is 0 Å². The molecule has 3 nitrogen and oxygen atoms in total. The van der Waals surface area contributed by atoms with Crippen LogP contribution in [0.4, 0.5) is 11.4 Å². The minimum absolute atomic E-state index is 0.681. The SMILES string of the molecule is Nc1ccc(Cl)cc1NCc1cc[nH]c1. The van der Waals surface area contributed by atoms with Crippen molar-refractivity contribution in [3.05, 3.63) is 47.2 Å². The van der Waals surface area contributed by atoms with Gasteiger partial charge in [0.05, 0.1) is 11.4 Å². The third kappa shape index (κ3) is 2.44. The Balaban J connectivity index is 2.07. The van der Waals surface area contributed by atoms with Gasteiger partial charge in [-0.1, -0.05) is 11.6 Å². The first-order chi connectivity index (χ1) is 7.25. The molecule has 78 valence electrons. The number of aromatic nitrogens is 1. The molecule has 4 N–H and O–H groups in total. The Labute approximate surface area is 93.3 Å². The highest BCUT2D eigenvalue weighted by Gasteiger charge is 1.99. The summed E-state index contributed by atoms with van der Waals surface area (Å²) in [4.78, 5) is 2.99. The van der Waals surface area contributed by atoms with Crippen LogP contribution in [0.2, 0.25) is 5.02 Å². The Hall–Kier alpha value is -1.61. The topological polar surface area (TPSA) is 53.8 Å². The number of hydrogen-bond acceptors (Lipinski definition) is 2. The number of halogens is 1. The highest BCUT2D eigenvalue weighted by Crippen LogP contribution is 2.23. The predicted octanol–water partition coefficient (Wildman–Crippen LogP) is 2.86. The van der Waals surface area contributed by atoms with Crippen LogP contribution in [0.25, 0.3) is 0 Å². The summed E-state index contributed by atoms with van der Waals surface area (Å²) in [7, 11) is 0. The molecule has 1 aromatic carbocycles. The number of hydrogen-bond donors (Lipinski definition) is 3. The van der Waals surface area contributed by atoms with Crippen molar-refractivity contribution in [2.24, 2.45) is 0 Å². The van der Waals surface area contributed by atoms with Crippen molar-refractivity contribution in [2.45, 2.75) is 6.54 Å². The molecule has 0 radical (unpaired) electrons. The smallest absolute Gasteiger partial charge is 0.0591 e. The van der Waals surface area contributed by atoms with Crippen molar-refractivity contribution in [3.63, 3.8) is 0 Å². The van der Waals surface area contributed by atoms with Gasteiger partial charge in [0.2, 0.25) is 0 Å². The maximum Gasteiger partial charge on any atom is 0.0591 e. The first-order valence-electron chi connectivity index (χ1n) is 4.66. The lowest BCUT2D eigenvalue weighted by molar-refractivity contribution is 1.15. The molecule has 0 saturated heterocycles. The van der Waals surface area contributed by atoms with Gasteiger partial charge < -0.3 is 16.0 Å². The van der Waals surface area contributed by atoms with E-state index in [0.29, 0.717) is 10.7 Å². The number of benzene rings is 1. The largest absolute Gasteiger partial charge is 0.397 e. The van der Waals surface area contributed by atoms with Crippen LogP contribution in [-0.2, 0) is 6.54 Å². The van der Waals surface area contributed by atoms with Crippen molar-refractivity contribution >= 4 is 23.0 Å². The van der Waals surface area contributed by atoms with Gasteiger partial charge >= 0.3 is 0 Å². The second-order valence-electron chi connectivity index (χ2n) is 3.30. The van der Waals surface area contributed by atoms with E-state index in [1.165, 1.54) is 5.56 Å². The van der Waals surface area contributed by atoms with Crippen molar-refractivity contribution in [1.29, 1.82) is 0 Å². The summed E-state index contributed by atoms with van der Waals surface area (Å²) < 4.78 is 0. The fourth-order valence-corrected chi connectivity index (χ4v) is 1.52. The summed E-state index contributed by atoms with van der Waals surface area (Å²) in [5.41, 5.74) is 8.54. The van der Waals surface area contributed by atoms with Gasteiger partial charge in [-0.15, -0.1) is 0 Å². The lowest BCUT2D eigenvalue weighted by Crippen LogP contribution is -2.01. The molecule has 0 aliphatic rings. The van der Waals surface area contributed by atoms with Crippen LogP contribution in [-0.4, -0.2) is 4.98 Å². The highest BCUT2D eigenvalue weighted by molar-refractivity contribution is 6.31. The van der Waals surface area contributed by atoms with E-state index in [1.54, 1.807) is 12.1 Å². The van der Waals surface area contributed by atoms with Crippen molar-refractivity contribution in [2.75, 3.05) is 11.1 Å². The lowest BCUT2D eigenvalue weighted by Gasteiger charge is -2.08. The summed E-state index contributed by atoms with van der Waals surface area (Å²) in [6, 6.07) is 7.40. The van der Waals surface area contributed by atoms with E-state index in [0.717, 1.165) is 12.2 Å². The Bertz CT molecular complexity index is 437. The van der Waals surface area contributed by atoms with Crippen LogP contribution in [0.5, 0.6) is 0 Å². The molecule has 0 aliphatic carbocycles. The fraction of sp³-hybridized carbons (Fsp3) is 0.0909. The van der Waals surface area contributed by atoms with Crippen LogP contribution >= 0.6 is 11.6 Å². The fourth-order valence-electron chi connectivity index (χ4n) is 1.35. The van der Waals surface area contributed by atoms with E-state index in [1.807, 2.05) is 24.5 Å². The molecule has 0 bridgehead atoms. The number of aromatic amines is 1. The van der Waals surface area contributed by atoms with E-state index in [9.17, 15) is 0 Å². The van der Waals surface area contributed by atoms with Crippen molar-refractivity contribution in [1.82, 2.24) is 4.98 Å². The molecule has 0 fully saturated rings. The monoisotopic (exact) mass is 221 g/mol. The minimum Gasteiger partial charge on any atom is -0.397 e. The van der Waals surface area contributed by atoms with Crippen molar-refractivity contribution < 1.29 is 0 Å². The second-order valence-corrected chi connectivity index (χ2v) is 3.74. The normalized spacial score (nSPS) is 10.2. The zero-order valence-electron chi connectivity index (χ0n) is 8.13. The number of anilines is 2. The van der Waals surface area contributed by atoms with Crippen molar-refractivity contribution in [3.8, 4) is 0 Å². The average Bonchev–Trinajstić information content (AvgIpc) is 2.72. The molecule has 1 heterocycles. The molecule has 15 heavy (non-hydrogen) atoms. The first kappa shape index (κ1) is 9.93. The van der Waals surface area contributed by atoms with Gasteiger partial charge in [0.25, 0.3) is 0 Å². The number of nitrogens with one attached hydrogen (secondary N) is 2. The van der Waals surface area contributed by atoms with E-state index >= 15 is 0 Å². The number of nitrogens with two attached hydrogens (primary N) is 1. The predicted molar refractivity (Wildman–Crippen MR) is 64.0 cm³/mol. The summed E-state index contributed by atoms with van der Waals surface area (Å²) >= 11 is 5.88. The molecule has 2 rings (SSSR count). The summed E-state index contributed by atoms with van der Waals surface area (Å²) in [6.45, 7) is 0.730. The molecular formula is C11H12ClN3. The van der Waals surface area contributed by atoms with E-state index < -0.39 is 0 Å². The van der Waals surface area contributed by atoms with E-state index in [-0.39, 0.29) is 0 Å². The Morgan fingerprint density at radius 1 is 1.33 bits per heavy atom. The quantitative estimate of drug-likeness (QED) is 0.698. The Morgan fingerprint density at radius 2 is 2.20 bits per heavy atom. The lowest BCUT2D eigenvalue weighted by atomic mass is 10.2. The maximum absolute atomic E-state index is 5.88. The van der Waals surface area contributed by atoms with Crippen LogP contribution in [0.1, 0.15) is 5.56 Å². The Morgan fingerprint density at radius 3 is 2.93 bits per heavy atom. The summed E-state index contributed by atoms with van der Waals surface area (Å²) in [5, 5.41) is 3.91. The number of nitrogen functional groups attached to an aromatic ring is 1. The minimum atomic E-state index is 0.681. The van der Waals surface area contributed by atoms with Gasteiger partial charge in [-0.25, -0.2) is 0 Å². The van der Waals surface area contributed by atoms with Gasteiger partial charge in [0.1, 0.15) is 0 Å². The molecule has 2 aromatic rings. The zero-order valence-corrected chi connectivity index (χ0v) is 8.88. The number of rotatable bonds is 3. The van der Waals surface area contributed by atoms with Gasteiger partial charge in [-0.3, -0.25) is 0 Å². The average molecular weight is 222 g/mol. The zero-order chi connectivity index (χ0) is 10.7. The summed E-state index contributed by atoms with van der Waals surface area (Å²) in [5.74, 6) is 0. The molecule has 4 heteroatoms. The molecule has 0 saturated carbocycles. The standard InChI is InChI=1S/C11H12ClN3/c12-9-1-2-10(13)11(5-9)15-7-8-3-4-14-6-8/h1-6,14-15H,7,13H2.